The van der Waals surface area contributed by atoms with Gasteiger partial charge in [-0.1, -0.05) is 0 Å². The molecule has 1 saturated carbocycles. The van der Waals surface area contributed by atoms with Crippen LogP contribution >= 0.6 is 0 Å². The molecule has 2 heterocycles. The zero-order chi connectivity index (χ0) is 15.3. The highest BCUT2D eigenvalue weighted by atomic mass is 16.2. The molecule has 1 amide bonds. The maximum Gasteiger partial charge on any atom is 0.234 e. The number of anilines is 1. The predicted molar refractivity (Wildman–Crippen MR) is 80.5 cm³/mol. The molecule has 0 radical (unpaired) electrons. The third-order valence-corrected chi connectivity index (χ3v) is 4.55. The Morgan fingerprint density at radius 3 is 2.91 bits per heavy atom. The van der Waals surface area contributed by atoms with Gasteiger partial charge in [-0.05, 0) is 39.0 Å². The normalized spacial score (nSPS) is 20.7. The summed E-state index contributed by atoms with van der Waals surface area (Å²) in [5.41, 5.74) is 2.11. The Morgan fingerprint density at radius 2 is 2.14 bits per heavy atom. The van der Waals surface area contributed by atoms with E-state index in [9.17, 15) is 4.79 Å². The molecule has 2 aromatic rings. The van der Waals surface area contributed by atoms with Crippen LogP contribution in [0.2, 0.25) is 0 Å². The molecule has 7 nitrogen and oxygen atoms in total. The molecule has 0 saturated heterocycles. The fraction of sp³-hybridized carbons (Fsp3) is 0.600. The van der Waals surface area contributed by atoms with Crippen molar-refractivity contribution in [2.24, 2.45) is 7.05 Å². The van der Waals surface area contributed by atoms with Gasteiger partial charge in [0.15, 0.2) is 0 Å². The molecule has 0 aliphatic heterocycles. The van der Waals surface area contributed by atoms with Gasteiger partial charge in [0.2, 0.25) is 11.9 Å². The minimum Gasteiger partial charge on any atom is -0.294 e. The maximum atomic E-state index is 12.7. The van der Waals surface area contributed by atoms with Gasteiger partial charge in [0.1, 0.15) is 5.82 Å². The van der Waals surface area contributed by atoms with Crippen LogP contribution in [-0.2, 0) is 18.3 Å². The number of nitrogens with one attached hydrogen (secondary N) is 1. The summed E-state index contributed by atoms with van der Waals surface area (Å²) in [6, 6.07) is 0.450. The number of aromatic nitrogens is 5. The highest BCUT2D eigenvalue weighted by Gasteiger charge is 2.32. The number of carbonyl (C=O) groups is 1. The average molecular weight is 300 g/mol. The van der Waals surface area contributed by atoms with Gasteiger partial charge in [-0.15, -0.1) is 10.2 Å². The SMILES string of the molecule is Cc1nnc(NC(=O)C2CCCc3nn(C)cc32)n1C1CC1. The Labute approximate surface area is 128 Å². The van der Waals surface area contributed by atoms with Crippen LogP contribution in [0.3, 0.4) is 0 Å². The number of rotatable bonds is 3. The van der Waals surface area contributed by atoms with Gasteiger partial charge in [-0.3, -0.25) is 19.4 Å². The number of carbonyl (C=O) groups excluding carboxylic acids is 1. The quantitative estimate of drug-likeness (QED) is 0.936. The van der Waals surface area contributed by atoms with Crippen LogP contribution in [-0.4, -0.2) is 30.5 Å². The molecule has 116 valence electrons. The lowest BCUT2D eigenvalue weighted by Crippen LogP contribution is -2.25. The lowest BCUT2D eigenvalue weighted by Gasteiger charge is -2.20. The summed E-state index contributed by atoms with van der Waals surface area (Å²) in [4.78, 5) is 12.7. The number of hydrogen-bond acceptors (Lipinski definition) is 4. The molecule has 2 aliphatic carbocycles. The van der Waals surface area contributed by atoms with Crippen LogP contribution in [0.1, 0.15) is 54.7 Å². The van der Waals surface area contributed by atoms with Gasteiger partial charge in [0.05, 0.1) is 11.6 Å². The van der Waals surface area contributed by atoms with Crippen molar-refractivity contribution in [3.63, 3.8) is 0 Å². The fourth-order valence-electron chi connectivity index (χ4n) is 3.36. The molecule has 0 aromatic carbocycles. The van der Waals surface area contributed by atoms with E-state index >= 15 is 0 Å². The predicted octanol–water partition coefficient (Wildman–Crippen LogP) is 1.71. The topological polar surface area (TPSA) is 77.6 Å². The smallest absolute Gasteiger partial charge is 0.234 e. The maximum absolute atomic E-state index is 12.7. The Kier molecular flexibility index (Phi) is 3.02. The van der Waals surface area contributed by atoms with E-state index in [4.69, 9.17) is 0 Å². The van der Waals surface area contributed by atoms with Crippen LogP contribution in [0.15, 0.2) is 6.20 Å². The molecule has 1 atom stereocenters. The van der Waals surface area contributed by atoms with E-state index in [1.165, 1.54) is 0 Å². The lowest BCUT2D eigenvalue weighted by molar-refractivity contribution is -0.118. The monoisotopic (exact) mass is 300 g/mol. The first-order chi connectivity index (χ1) is 10.6. The number of nitrogens with zero attached hydrogens (tertiary/aromatic N) is 5. The molecule has 7 heteroatoms. The molecule has 4 rings (SSSR count). The lowest BCUT2D eigenvalue weighted by atomic mass is 9.86. The first-order valence-electron chi connectivity index (χ1n) is 7.88. The van der Waals surface area contributed by atoms with Gasteiger partial charge < -0.3 is 0 Å². The van der Waals surface area contributed by atoms with Crippen LogP contribution in [0.25, 0.3) is 0 Å². The Hall–Kier alpha value is -2.18. The largest absolute Gasteiger partial charge is 0.294 e. The first-order valence-corrected chi connectivity index (χ1v) is 7.88. The van der Waals surface area contributed by atoms with Crippen molar-refractivity contribution in [2.75, 3.05) is 5.32 Å². The first kappa shape index (κ1) is 13.5. The summed E-state index contributed by atoms with van der Waals surface area (Å²) in [7, 11) is 1.90. The van der Waals surface area contributed by atoms with Gasteiger partial charge in [0, 0.05) is 24.8 Å². The van der Waals surface area contributed by atoms with E-state index < -0.39 is 0 Å². The summed E-state index contributed by atoms with van der Waals surface area (Å²) in [6.45, 7) is 1.93. The zero-order valence-electron chi connectivity index (χ0n) is 12.9. The highest BCUT2D eigenvalue weighted by Crippen LogP contribution is 2.38. The minimum atomic E-state index is -0.137. The molecule has 0 bridgehead atoms. The number of amides is 1. The third-order valence-electron chi connectivity index (χ3n) is 4.55. The Balaban J connectivity index is 1.58. The number of fused-ring (bicyclic) bond motifs is 1. The summed E-state index contributed by atoms with van der Waals surface area (Å²) < 4.78 is 3.85. The van der Waals surface area contributed by atoms with Crippen molar-refractivity contribution in [1.82, 2.24) is 24.5 Å². The van der Waals surface area contributed by atoms with E-state index in [0.29, 0.717) is 12.0 Å². The van der Waals surface area contributed by atoms with Crippen molar-refractivity contribution in [1.29, 1.82) is 0 Å². The highest BCUT2D eigenvalue weighted by molar-refractivity contribution is 5.94. The third kappa shape index (κ3) is 2.20. The average Bonchev–Trinajstić information content (AvgIpc) is 3.14. The molecule has 2 aliphatic rings. The molecule has 0 spiro atoms. The van der Waals surface area contributed by atoms with Gasteiger partial charge in [-0.25, -0.2) is 0 Å². The second-order valence-corrected chi connectivity index (χ2v) is 6.31. The molecule has 2 aromatic heterocycles. The van der Waals surface area contributed by atoms with Crippen molar-refractivity contribution in [3.05, 3.63) is 23.3 Å². The molecule has 1 N–H and O–H groups in total. The fourth-order valence-corrected chi connectivity index (χ4v) is 3.36. The van der Waals surface area contributed by atoms with E-state index in [-0.39, 0.29) is 11.8 Å². The minimum absolute atomic E-state index is 0.00301. The van der Waals surface area contributed by atoms with Gasteiger partial charge >= 0.3 is 0 Å². The van der Waals surface area contributed by atoms with Crippen LogP contribution in [0.5, 0.6) is 0 Å². The van der Waals surface area contributed by atoms with Gasteiger partial charge in [-0.2, -0.15) is 5.10 Å². The molecular weight excluding hydrogens is 280 g/mol. The van der Waals surface area contributed by atoms with Crippen molar-refractivity contribution in [3.8, 4) is 0 Å². The number of hydrogen-bond donors (Lipinski definition) is 1. The van der Waals surface area contributed by atoms with Crippen molar-refractivity contribution < 1.29 is 4.79 Å². The summed E-state index contributed by atoms with van der Waals surface area (Å²) >= 11 is 0. The van der Waals surface area contributed by atoms with Crippen molar-refractivity contribution >= 4 is 11.9 Å². The van der Waals surface area contributed by atoms with E-state index in [1.54, 1.807) is 4.68 Å². The van der Waals surface area contributed by atoms with Crippen molar-refractivity contribution in [2.45, 2.75) is 51.0 Å². The van der Waals surface area contributed by atoms with E-state index in [0.717, 1.165) is 49.2 Å². The van der Waals surface area contributed by atoms with E-state index in [2.05, 4.69) is 20.6 Å². The molecule has 1 fully saturated rings. The Morgan fingerprint density at radius 1 is 1.32 bits per heavy atom. The standard InChI is InChI=1S/C15H20N6O/c1-9-17-18-15(21(9)10-6-7-10)16-14(22)11-4-3-5-13-12(11)8-20(2)19-13/h8,10-11H,3-7H2,1-2H3,(H,16,18,22). The van der Waals surface area contributed by atoms with E-state index in [1.807, 2.05) is 24.7 Å². The van der Waals surface area contributed by atoms with Gasteiger partial charge in [0.25, 0.3) is 0 Å². The second kappa shape index (κ2) is 4.93. The van der Waals surface area contributed by atoms with Crippen LogP contribution < -0.4 is 5.32 Å². The molecule has 22 heavy (non-hydrogen) atoms. The van der Waals surface area contributed by atoms with Crippen LogP contribution in [0.4, 0.5) is 5.95 Å². The number of aryl methyl sites for hydroxylation is 3. The van der Waals surface area contributed by atoms with Crippen LogP contribution in [0, 0.1) is 6.92 Å². The summed E-state index contributed by atoms with van der Waals surface area (Å²) in [5, 5.41) is 15.7. The summed E-state index contributed by atoms with van der Waals surface area (Å²) in [5.74, 6) is 1.31. The second-order valence-electron chi connectivity index (χ2n) is 6.31. The Bertz CT molecular complexity index is 726. The summed E-state index contributed by atoms with van der Waals surface area (Å²) in [6.07, 6.45) is 7.06. The molecule has 1 unspecified atom stereocenters. The zero-order valence-corrected chi connectivity index (χ0v) is 12.9. The molecular formula is C15H20N6O.